The van der Waals surface area contributed by atoms with E-state index in [0.717, 1.165) is 18.5 Å². The number of nitrogens with zero attached hydrogens (tertiary/aromatic N) is 1. The van der Waals surface area contributed by atoms with E-state index in [2.05, 4.69) is 4.98 Å². The minimum absolute atomic E-state index is 0.135. The van der Waals surface area contributed by atoms with Crippen LogP contribution in [-0.4, -0.2) is 11.0 Å². The molecule has 78 valence electrons. The topological polar surface area (TPSA) is 52.3 Å². The van der Waals surface area contributed by atoms with Gasteiger partial charge in [-0.05, 0) is 13.3 Å². The zero-order chi connectivity index (χ0) is 10.4. The van der Waals surface area contributed by atoms with Crippen LogP contribution < -0.4 is 0 Å². The Morgan fingerprint density at radius 1 is 1.64 bits per heavy atom. The first-order chi connectivity index (χ1) is 6.72. The zero-order valence-corrected chi connectivity index (χ0v) is 8.58. The van der Waals surface area contributed by atoms with Gasteiger partial charge in [0, 0.05) is 6.42 Å². The van der Waals surface area contributed by atoms with E-state index < -0.39 is 0 Å². The Labute approximate surface area is 83.3 Å². The number of unbranched alkanes of at least 4 members (excludes halogenated alkanes) is 1. The zero-order valence-electron chi connectivity index (χ0n) is 8.58. The average molecular weight is 197 g/mol. The highest BCUT2D eigenvalue weighted by atomic mass is 16.5. The number of aromatic nitrogens is 1. The molecule has 1 heterocycles. The highest BCUT2D eigenvalue weighted by Gasteiger charge is 2.05. The molecule has 0 unspecified atom stereocenters. The van der Waals surface area contributed by atoms with Gasteiger partial charge in [0.15, 0.2) is 6.61 Å². The van der Waals surface area contributed by atoms with E-state index in [0.29, 0.717) is 12.3 Å². The van der Waals surface area contributed by atoms with Crippen LogP contribution in [0.3, 0.4) is 0 Å². The van der Waals surface area contributed by atoms with Crippen LogP contribution in [0.4, 0.5) is 0 Å². The van der Waals surface area contributed by atoms with Crippen LogP contribution in [0.2, 0.25) is 0 Å². The summed E-state index contributed by atoms with van der Waals surface area (Å²) in [6.45, 7) is 3.99. The maximum Gasteiger partial charge on any atom is 0.306 e. The molecule has 0 aliphatic heterocycles. The van der Waals surface area contributed by atoms with Gasteiger partial charge < -0.3 is 9.15 Å². The van der Waals surface area contributed by atoms with Gasteiger partial charge in [-0.25, -0.2) is 4.98 Å². The Morgan fingerprint density at radius 2 is 2.43 bits per heavy atom. The third kappa shape index (κ3) is 3.60. The molecule has 0 aliphatic rings. The molecule has 0 atom stereocenters. The molecule has 0 spiro atoms. The quantitative estimate of drug-likeness (QED) is 0.679. The van der Waals surface area contributed by atoms with Gasteiger partial charge in [0.05, 0.1) is 5.69 Å². The number of carbonyl (C=O) groups is 1. The fraction of sp³-hybridized carbons (Fsp3) is 0.600. The number of oxazole rings is 1. The van der Waals surface area contributed by atoms with E-state index >= 15 is 0 Å². The standard InChI is InChI=1S/C10H15NO3/c1-3-4-5-10(12)14-7-9-11-8(2)6-13-9/h6H,3-5,7H2,1-2H3. The lowest BCUT2D eigenvalue weighted by Crippen LogP contribution is -2.04. The average Bonchev–Trinajstić information content (AvgIpc) is 2.58. The van der Waals surface area contributed by atoms with Crippen molar-refractivity contribution in [1.29, 1.82) is 0 Å². The van der Waals surface area contributed by atoms with Gasteiger partial charge in [-0.1, -0.05) is 13.3 Å². The van der Waals surface area contributed by atoms with Crippen molar-refractivity contribution in [2.24, 2.45) is 0 Å². The number of ether oxygens (including phenoxy) is 1. The van der Waals surface area contributed by atoms with Crippen LogP contribution in [0.15, 0.2) is 10.7 Å². The highest BCUT2D eigenvalue weighted by molar-refractivity contribution is 5.69. The minimum atomic E-state index is -0.192. The monoisotopic (exact) mass is 197 g/mol. The number of rotatable bonds is 5. The number of hydrogen-bond acceptors (Lipinski definition) is 4. The van der Waals surface area contributed by atoms with E-state index in [1.807, 2.05) is 13.8 Å². The molecule has 4 nitrogen and oxygen atoms in total. The van der Waals surface area contributed by atoms with E-state index in [1.165, 1.54) is 6.26 Å². The van der Waals surface area contributed by atoms with Crippen LogP contribution in [0.1, 0.15) is 37.8 Å². The lowest BCUT2D eigenvalue weighted by molar-refractivity contribution is -0.145. The molecule has 0 aromatic carbocycles. The smallest absolute Gasteiger partial charge is 0.306 e. The summed E-state index contributed by atoms with van der Waals surface area (Å²) >= 11 is 0. The lowest BCUT2D eigenvalue weighted by Gasteiger charge is -2.00. The largest absolute Gasteiger partial charge is 0.456 e. The SMILES string of the molecule is CCCCC(=O)OCc1nc(C)co1. The Balaban J connectivity index is 2.23. The molecule has 14 heavy (non-hydrogen) atoms. The number of hydrogen-bond donors (Lipinski definition) is 0. The van der Waals surface area contributed by atoms with Crippen LogP contribution in [0.25, 0.3) is 0 Å². The molecule has 0 radical (unpaired) electrons. The van der Waals surface area contributed by atoms with Crippen molar-refractivity contribution in [3.05, 3.63) is 17.8 Å². The molecule has 1 aromatic rings. The molecule has 0 N–H and O–H groups in total. The molecule has 4 heteroatoms. The normalized spacial score (nSPS) is 10.1. The summed E-state index contributed by atoms with van der Waals surface area (Å²) in [4.78, 5) is 15.1. The van der Waals surface area contributed by atoms with Gasteiger partial charge in [0.1, 0.15) is 6.26 Å². The third-order valence-corrected chi connectivity index (χ3v) is 1.76. The number of aryl methyl sites for hydroxylation is 1. The first-order valence-corrected chi connectivity index (χ1v) is 4.79. The highest BCUT2D eigenvalue weighted by Crippen LogP contribution is 2.04. The van der Waals surface area contributed by atoms with E-state index in [4.69, 9.17) is 9.15 Å². The van der Waals surface area contributed by atoms with Crippen molar-refractivity contribution >= 4 is 5.97 Å². The molecule has 0 aliphatic carbocycles. The second-order valence-electron chi connectivity index (χ2n) is 3.15. The Bertz CT molecular complexity index is 293. The molecule has 0 bridgehead atoms. The van der Waals surface area contributed by atoms with Crippen LogP contribution in [0.5, 0.6) is 0 Å². The third-order valence-electron chi connectivity index (χ3n) is 1.76. The maximum atomic E-state index is 11.1. The van der Waals surface area contributed by atoms with Gasteiger partial charge in [0.25, 0.3) is 0 Å². The Morgan fingerprint density at radius 3 is 3.00 bits per heavy atom. The molecule has 1 aromatic heterocycles. The first-order valence-electron chi connectivity index (χ1n) is 4.79. The van der Waals surface area contributed by atoms with E-state index in [1.54, 1.807) is 0 Å². The molecule has 0 saturated carbocycles. The van der Waals surface area contributed by atoms with E-state index in [9.17, 15) is 4.79 Å². The Hall–Kier alpha value is -1.32. The predicted octanol–water partition coefficient (Wildman–Crippen LogP) is 2.22. The fourth-order valence-electron chi connectivity index (χ4n) is 1.00. The van der Waals surface area contributed by atoms with Crippen LogP contribution in [-0.2, 0) is 16.1 Å². The van der Waals surface area contributed by atoms with Crippen LogP contribution >= 0.6 is 0 Å². The van der Waals surface area contributed by atoms with Gasteiger partial charge in [0.2, 0.25) is 5.89 Å². The summed E-state index contributed by atoms with van der Waals surface area (Å²) in [6.07, 6.45) is 3.86. The Kier molecular flexibility index (Phi) is 4.16. The number of esters is 1. The van der Waals surface area contributed by atoms with Crippen molar-refractivity contribution in [1.82, 2.24) is 4.98 Å². The fourth-order valence-corrected chi connectivity index (χ4v) is 1.00. The number of carbonyl (C=O) groups excluding carboxylic acids is 1. The van der Waals surface area contributed by atoms with Crippen molar-refractivity contribution in [3.63, 3.8) is 0 Å². The minimum Gasteiger partial charge on any atom is -0.456 e. The summed E-state index contributed by atoms with van der Waals surface area (Å²) in [7, 11) is 0. The summed E-state index contributed by atoms with van der Waals surface area (Å²) in [5, 5.41) is 0. The second-order valence-corrected chi connectivity index (χ2v) is 3.15. The summed E-state index contributed by atoms with van der Waals surface area (Å²) in [5.74, 6) is 0.259. The maximum absolute atomic E-state index is 11.1. The van der Waals surface area contributed by atoms with Crippen LogP contribution in [0, 0.1) is 6.92 Å². The summed E-state index contributed by atoms with van der Waals surface area (Å²) in [6, 6.07) is 0. The van der Waals surface area contributed by atoms with Crippen molar-refractivity contribution in [2.75, 3.05) is 0 Å². The first kappa shape index (κ1) is 10.8. The summed E-state index contributed by atoms with van der Waals surface area (Å²) < 4.78 is 9.98. The molecule has 0 saturated heterocycles. The van der Waals surface area contributed by atoms with Gasteiger partial charge in [-0.2, -0.15) is 0 Å². The molecule has 0 fully saturated rings. The van der Waals surface area contributed by atoms with Gasteiger partial charge >= 0.3 is 5.97 Å². The van der Waals surface area contributed by atoms with Crippen molar-refractivity contribution in [3.8, 4) is 0 Å². The van der Waals surface area contributed by atoms with Gasteiger partial charge in [-0.15, -0.1) is 0 Å². The molecular formula is C10H15NO3. The van der Waals surface area contributed by atoms with Crippen molar-refractivity contribution < 1.29 is 13.9 Å². The predicted molar refractivity (Wildman–Crippen MR) is 50.6 cm³/mol. The van der Waals surface area contributed by atoms with E-state index in [-0.39, 0.29) is 12.6 Å². The van der Waals surface area contributed by atoms with Gasteiger partial charge in [-0.3, -0.25) is 4.79 Å². The molecule has 1 rings (SSSR count). The lowest BCUT2D eigenvalue weighted by atomic mass is 10.2. The summed E-state index contributed by atoms with van der Waals surface area (Å²) in [5.41, 5.74) is 0.796. The second kappa shape index (κ2) is 5.42. The van der Waals surface area contributed by atoms with Crippen molar-refractivity contribution in [2.45, 2.75) is 39.7 Å². The molecule has 0 amide bonds. The molecular weight excluding hydrogens is 182 g/mol.